The number of hydrogen-bond acceptors (Lipinski definition) is 6. The Hall–Kier alpha value is -2.85. The summed E-state index contributed by atoms with van der Waals surface area (Å²) in [7, 11) is 3.86. The lowest BCUT2D eigenvalue weighted by Gasteiger charge is -2.19. The summed E-state index contributed by atoms with van der Waals surface area (Å²) in [5.74, 6) is -1.70. The predicted molar refractivity (Wildman–Crippen MR) is 94.3 cm³/mol. The third kappa shape index (κ3) is 3.55. The summed E-state index contributed by atoms with van der Waals surface area (Å²) >= 11 is 1.18. The van der Waals surface area contributed by atoms with Crippen LogP contribution in [0.15, 0.2) is 34.7 Å². The second kappa shape index (κ2) is 7.18. The first-order chi connectivity index (χ1) is 12.4. The Kier molecular flexibility index (Phi) is 4.96. The van der Waals surface area contributed by atoms with E-state index in [9.17, 15) is 19.3 Å². The summed E-state index contributed by atoms with van der Waals surface area (Å²) in [6.07, 6.45) is 0. The zero-order valence-corrected chi connectivity index (χ0v) is 14.9. The molecule has 1 aromatic carbocycles. The van der Waals surface area contributed by atoms with Crippen molar-refractivity contribution in [3.63, 3.8) is 0 Å². The fraction of sp³-hybridized carbons (Fsp3) is 0.250. The molecule has 0 fully saturated rings. The van der Waals surface area contributed by atoms with Gasteiger partial charge in [0, 0.05) is 0 Å². The van der Waals surface area contributed by atoms with Crippen molar-refractivity contribution in [1.82, 2.24) is 4.98 Å². The van der Waals surface area contributed by atoms with E-state index in [1.54, 1.807) is 12.1 Å². The number of carbonyl (C=O) groups excluding carboxylic acids is 1. The number of nitrogens with one attached hydrogen (secondary N) is 1. The average Bonchev–Trinajstić information content (AvgIpc) is 3.22. The van der Waals surface area contributed by atoms with Crippen molar-refractivity contribution in [2.45, 2.75) is 0 Å². The van der Waals surface area contributed by atoms with Crippen LogP contribution in [0.1, 0.15) is 10.6 Å². The lowest BCUT2D eigenvalue weighted by atomic mass is 10.3. The van der Waals surface area contributed by atoms with Gasteiger partial charge in [-0.05, 0) is 18.2 Å². The number of hydrogen-bond donors (Lipinski definition) is 1. The van der Waals surface area contributed by atoms with E-state index < -0.39 is 22.5 Å². The normalized spacial score (nSPS) is 11.2. The summed E-state index contributed by atoms with van der Waals surface area (Å²) in [6.45, 7) is 0.907. The minimum absolute atomic E-state index is 0.162. The summed E-state index contributed by atoms with van der Waals surface area (Å²) in [4.78, 5) is 29.6. The lowest BCUT2D eigenvalue weighted by Crippen LogP contribution is -3.06. The first-order valence-corrected chi connectivity index (χ1v) is 8.58. The second-order valence-electron chi connectivity index (χ2n) is 5.89. The van der Waals surface area contributed by atoms with E-state index in [1.165, 1.54) is 28.4 Å². The molecule has 3 aromatic rings. The van der Waals surface area contributed by atoms with Gasteiger partial charge in [0.15, 0.2) is 10.9 Å². The zero-order chi connectivity index (χ0) is 18.8. The van der Waals surface area contributed by atoms with E-state index in [0.29, 0.717) is 22.9 Å². The number of amides is 1. The maximum Gasteiger partial charge on any atom is 0.433 e. The van der Waals surface area contributed by atoms with Crippen LogP contribution < -0.4 is 9.80 Å². The van der Waals surface area contributed by atoms with Crippen LogP contribution in [-0.2, 0) is 0 Å². The number of quaternary nitrogens is 1. The number of aromatic nitrogens is 1. The molecule has 1 N–H and O–H groups in total. The highest BCUT2D eigenvalue weighted by atomic mass is 32.1. The number of fused-ring (bicyclic) bond motifs is 1. The van der Waals surface area contributed by atoms with Gasteiger partial charge >= 0.3 is 5.88 Å². The number of likely N-dealkylation sites (N-methyl/N-ethyl adjacent to an activating group) is 1. The van der Waals surface area contributed by atoms with Crippen molar-refractivity contribution in [3.8, 4) is 0 Å². The number of carbonyl (C=O) groups is 1. The molecular weight excluding hydrogens is 363 g/mol. The molecule has 0 spiro atoms. The average molecular weight is 379 g/mol. The summed E-state index contributed by atoms with van der Waals surface area (Å²) in [6, 6.07) is 6.98. The molecule has 0 aliphatic rings. The predicted octanol–water partition coefficient (Wildman–Crippen LogP) is 1.73. The van der Waals surface area contributed by atoms with Gasteiger partial charge in [0.05, 0.1) is 38.0 Å². The lowest BCUT2D eigenvalue weighted by molar-refractivity contribution is -0.856. The van der Waals surface area contributed by atoms with Crippen LogP contribution >= 0.6 is 11.3 Å². The SMILES string of the molecule is C[NH+](C)CCN(C(=O)c1ccc([N+](=O)[O-])o1)c1nc2c(F)cccc2s1. The number of rotatable bonds is 6. The molecule has 0 saturated heterocycles. The monoisotopic (exact) mass is 379 g/mol. The molecular formula is C16H16FN4O4S+. The van der Waals surface area contributed by atoms with Crippen LogP contribution in [0.25, 0.3) is 10.2 Å². The Morgan fingerprint density at radius 1 is 1.38 bits per heavy atom. The van der Waals surface area contributed by atoms with Crippen LogP contribution in [0.4, 0.5) is 15.4 Å². The van der Waals surface area contributed by atoms with E-state index in [0.717, 1.165) is 11.0 Å². The molecule has 0 aliphatic carbocycles. The van der Waals surface area contributed by atoms with Gasteiger partial charge in [-0.1, -0.05) is 17.4 Å². The number of furan rings is 1. The smallest absolute Gasteiger partial charge is 0.395 e. The fourth-order valence-electron chi connectivity index (χ4n) is 2.31. The third-order valence-corrected chi connectivity index (χ3v) is 4.70. The molecule has 0 atom stereocenters. The Labute approximate surface area is 151 Å². The Morgan fingerprint density at radius 3 is 2.77 bits per heavy atom. The quantitative estimate of drug-likeness (QED) is 0.520. The van der Waals surface area contributed by atoms with Crippen molar-refractivity contribution in [2.24, 2.45) is 0 Å². The van der Waals surface area contributed by atoms with Crippen molar-refractivity contribution in [1.29, 1.82) is 0 Å². The first kappa shape index (κ1) is 18.0. The molecule has 0 radical (unpaired) electrons. The number of benzene rings is 1. The molecule has 1 amide bonds. The number of nitrogens with zero attached hydrogens (tertiary/aromatic N) is 3. The third-order valence-electron chi connectivity index (χ3n) is 3.65. The van der Waals surface area contributed by atoms with Crippen LogP contribution in [0.2, 0.25) is 0 Å². The summed E-state index contributed by atoms with van der Waals surface area (Å²) in [5, 5.41) is 11.1. The summed E-state index contributed by atoms with van der Waals surface area (Å²) < 4.78 is 19.6. The van der Waals surface area contributed by atoms with Crippen LogP contribution in [0.5, 0.6) is 0 Å². The van der Waals surface area contributed by atoms with Gasteiger partial charge in [0.2, 0.25) is 0 Å². The minimum Gasteiger partial charge on any atom is -0.395 e. The number of anilines is 1. The number of thiazole rings is 1. The maximum atomic E-state index is 13.9. The highest BCUT2D eigenvalue weighted by Crippen LogP contribution is 2.31. The largest absolute Gasteiger partial charge is 0.433 e. The van der Waals surface area contributed by atoms with Gasteiger partial charge in [-0.2, -0.15) is 0 Å². The molecule has 3 rings (SSSR count). The van der Waals surface area contributed by atoms with Gasteiger partial charge in [0.25, 0.3) is 5.91 Å². The van der Waals surface area contributed by atoms with Gasteiger partial charge in [0.1, 0.15) is 16.3 Å². The van der Waals surface area contributed by atoms with E-state index >= 15 is 0 Å². The van der Waals surface area contributed by atoms with Gasteiger partial charge in [-0.3, -0.25) is 19.8 Å². The molecule has 10 heteroatoms. The minimum atomic E-state index is -0.710. The fourth-order valence-corrected chi connectivity index (χ4v) is 3.32. The first-order valence-electron chi connectivity index (χ1n) is 7.77. The zero-order valence-electron chi connectivity index (χ0n) is 14.1. The second-order valence-corrected chi connectivity index (χ2v) is 6.90. The van der Waals surface area contributed by atoms with E-state index in [4.69, 9.17) is 4.42 Å². The molecule has 136 valence electrons. The molecule has 0 unspecified atom stereocenters. The molecule has 0 saturated carbocycles. The van der Waals surface area contributed by atoms with Gasteiger partial charge in [-0.25, -0.2) is 9.37 Å². The number of para-hydroxylation sites is 1. The summed E-state index contributed by atoms with van der Waals surface area (Å²) in [5.41, 5.74) is 0.188. The van der Waals surface area contributed by atoms with Crippen LogP contribution in [0.3, 0.4) is 0 Å². The molecule has 2 heterocycles. The molecule has 26 heavy (non-hydrogen) atoms. The molecule has 0 bridgehead atoms. The number of nitro groups is 1. The van der Waals surface area contributed by atoms with Crippen molar-refractivity contribution >= 4 is 38.5 Å². The molecule has 2 aromatic heterocycles. The Morgan fingerprint density at radius 2 is 2.15 bits per heavy atom. The van der Waals surface area contributed by atoms with Gasteiger partial charge < -0.3 is 9.32 Å². The van der Waals surface area contributed by atoms with Gasteiger partial charge in [-0.15, -0.1) is 0 Å². The topological polar surface area (TPSA) is 93.9 Å². The van der Waals surface area contributed by atoms with Crippen LogP contribution in [-0.4, -0.2) is 43.0 Å². The van der Waals surface area contributed by atoms with E-state index in [-0.39, 0.29) is 11.3 Å². The van der Waals surface area contributed by atoms with E-state index in [2.05, 4.69) is 4.98 Å². The molecule has 0 aliphatic heterocycles. The van der Waals surface area contributed by atoms with Crippen molar-refractivity contribution in [3.05, 3.63) is 52.0 Å². The number of halogens is 1. The maximum absolute atomic E-state index is 13.9. The van der Waals surface area contributed by atoms with Crippen LogP contribution in [0, 0.1) is 15.9 Å². The highest BCUT2D eigenvalue weighted by molar-refractivity contribution is 7.22. The van der Waals surface area contributed by atoms with Crippen molar-refractivity contribution in [2.75, 3.05) is 32.1 Å². The van der Waals surface area contributed by atoms with E-state index in [1.807, 2.05) is 14.1 Å². The Bertz CT molecular complexity index is 968. The highest BCUT2D eigenvalue weighted by Gasteiger charge is 2.27. The standard InChI is InChI=1S/C16H15FN4O4S/c1-19(2)8-9-20(15(22)11-6-7-13(25-11)21(23)24)16-18-14-10(17)4-3-5-12(14)26-16/h3-7H,8-9H2,1-2H3/p+1. The Balaban J connectivity index is 1.98. The molecule has 8 nitrogen and oxygen atoms in total. The van der Waals surface area contributed by atoms with Crippen molar-refractivity contribution < 1.29 is 23.4 Å².